The molecular formula is C22H27N3O2S. The van der Waals surface area contributed by atoms with Crippen molar-refractivity contribution in [2.24, 2.45) is 0 Å². The van der Waals surface area contributed by atoms with E-state index in [0.29, 0.717) is 5.11 Å². The van der Waals surface area contributed by atoms with E-state index in [1.807, 2.05) is 53.4 Å². The number of hydrogen-bond acceptors (Lipinski definition) is 3. The second-order valence-electron chi connectivity index (χ2n) is 7.02. The molecule has 1 amide bonds. The third kappa shape index (κ3) is 5.23. The Morgan fingerprint density at radius 2 is 1.68 bits per heavy atom. The van der Waals surface area contributed by atoms with Gasteiger partial charge in [0.2, 0.25) is 0 Å². The van der Waals surface area contributed by atoms with E-state index in [1.165, 1.54) is 6.42 Å². The molecule has 1 atom stereocenters. The minimum atomic E-state index is 0.0610. The van der Waals surface area contributed by atoms with Crippen molar-refractivity contribution < 1.29 is 9.53 Å². The van der Waals surface area contributed by atoms with Crippen molar-refractivity contribution >= 4 is 28.9 Å². The van der Waals surface area contributed by atoms with Crippen LogP contribution in [0.25, 0.3) is 0 Å². The number of thiocarbonyl (C=S) groups is 1. The largest absolute Gasteiger partial charge is 0.497 e. The summed E-state index contributed by atoms with van der Waals surface area (Å²) in [6.45, 7) is 3.77. The van der Waals surface area contributed by atoms with Crippen LogP contribution in [0.15, 0.2) is 48.5 Å². The van der Waals surface area contributed by atoms with Crippen LogP contribution in [0.4, 0.5) is 5.69 Å². The van der Waals surface area contributed by atoms with Crippen LogP contribution < -0.4 is 15.4 Å². The van der Waals surface area contributed by atoms with Gasteiger partial charge in [-0.25, -0.2) is 0 Å². The van der Waals surface area contributed by atoms with Gasteiger partial charge in [0, 0.05) is 24.3 Å². The number of methoxy groups -OCH3 is 1. The number of rotatable bonds is 5. The summed E-state index contributed by atoms with van der Waals surface area (Å²) in [5.41, 5.74) is 2.69. The average molecular weight is 398 g/mol. The summed E-state index contributed by atoms with van der Waals surface area (Å²) in [6.07, 6.45) is 3.40. The van der Waals surface area contributed by atoms with E-state index in [2.05, 4.69) is 17.6 Å². The Hall–Kier alpha value is -2.60. The highest BCUT2D eigenvalue weighted by atomic mass is 32.1. The van der Waals surface area contributed by atoms with Crippen LogP contribution in [0.1, 0.15) is 48.1 Å². The van der Waals surface area contributed by atoms with Gasteiger partial charge < -0.3 is 20.3 Å². The van der Waals surface area contributed by atoms with Gasteiger partial charge in [-0.15, -0.1) is 0 Å². The van der Waals surface area contributed by atoms with E-state index in [9.17, 15) is 4.79 Å². The number of carbonyl (C=O) groups excluding carboxylic acids is 1. The molecule has 0 aliphatic carbocycles. The number of piperidine rings is 1. The highest BCUT2D eigenvalue weighted by molar-refractivity contribution is 7.80. The number of amides is 1. The first kappa shape index (κ1) is 20.1. The lowest BCUT2D eigenvalue weighted by molar-refractivity contribution is 0.0724. The molecule has 2 aromatic rings. The van der Waals surface area contributed by atoms with Gasteiger partial charge in [-0.3, -0.25) is 4.79 Å². The van der Waals surface area contributed by atoms with Crippen LogP contribution in [0, 0.1) is 0 Å². The zero-order valence-electron chi connectivity index (χ0n) is 16.4. The smallest absolute Gasteiger partial charge is 0.253 e. The third-order valence-electron chi connectivity index (χ3n) is 5.00. The number of carbonyl (C=O) groups is 1. The van der Waals surface area contributed by atoms with E-state index in [1.54, 1.807) is 7.11 Å². The summed E-state index contributed by atoms with van der Waals surface area (Å²) >= 11 is 5.43. The lowest BCUT2D eigenvalue weighted by atomic mass is 10.1. The molecule has 6 heteroatoms. The van der Waals surface area contributed by atoms with Crippen LogP contribution >= 0.6 is 12.2 Å². The number of ether oxygens (including phenoxy) is 1. The minimum absolute atomic E-state index is 0.0610. The van der Waals surface area contributed by atoms with Crippen molar-refractivity contribution in [3.05, 3.63) is 59.7 Å². The summed E-state index contributed by atoms with van der Waals surface area (Å²) < 4.78 is 5.19. The maximum atomic E-state index is 12.5. The van der Waals surface area contributed by atoms with E-state index >= 15 is 0 Å². The number of likely N-dealkylation sites (tertiary alicyclic amines) is 1. The molecule has 5 nitrogen and oxygen atoms in total. The fourth-order valence-electron chi connectivity index (χ4n) is 3.32. The van der Waals surface area contributed by atoms with E-state index in [-0.39, 0.29) is 11.9 Å². The zero-order chi connectivity index (χ0) is 19.9. The highest BCUT2D eigenvalue weighted by Gasteiger charge is 2.18. The number of hydrogen-bond donors (Lipinski definition) is 2. The topological polar surface area (TPSA) is 53.6 Å². The summed E-state index contributed by atoms with van der Waals surface area (Å²) in [7, 11) is 1.65. The molecule has 1 fully saturated rings. The normalized spacial score (nSPS) is 14.9. The molecule has 28 heavy (non-hydrogen) atoms. The SMILES string of the molecule is COc1ccc(C(C)NC(=S)Nc2ccc(C(=O)N3CCCCC3)cc2)cc1. The monoisotopic (exact) mass is 397 g/mol. The first-order valence-electron chi connectivity index (χ1n) is 9.67. The van der Waals surface area contributed by atoms with Gasteiger partial charge in [-0.1, -0.05) is 12.1 Å². The summed E-state index contributed by atoms with van der Waals surface area (Å²) in [5.74, 6) is 0.941. The predicted molar refractivity (Wildman–Crippen MR) is 117 cm³/mol. The molecule has 1 aliphatic heterocycles. The summed E-state index contributed by atoms with van der Waals surface area (Å²) in [6, 6.07) is 15.5. The first-order valence-corrected chi connectivity index (χ1v) is 10.1. The zero-order valence-corrected chi connectivity index (χ0v) is 17.2. The van der Waals surface area contributed by atoms with Crippen LogP contribution in [0.3, 0.4) is 0 Å². The number of anilines is 1. The van der Waals surface area contributed by atoms with Gasteiger partial charge in [0.05, 0.1) is 13.2 Å². The van der Waals surface area contributed by atoms with Crippen LogP contribution in [0.2, 0.25) is 0 Å². The lowest BCUT2D eigenvalue weighted by Gasteiger charge is -2.26. The van der Waals surface area contributed by atoms with E-state index in [0.717, 1.165) is 48.5 Å². The quantitative estimate of drug-likeness (QED) is 0.734. The summed E-state index contributed by atoms with van der Waals surface area (Å²) in [4.78, 5) is 14.5. The van der Waals surface area contributed by atoms with Gasteiger partial charge in [0.15, 0.2) is 5.11 Å². The van der Waals surface area contributed by atoms with Crippen LogP contribution in [-0.4, -0.2) is 36.1 Å². The van der Waals surface area contributed by atoms with Crippen LogP contribution in [-0.2, 0) is 0 Å². The van der Waals surface area contributed by atoms with Crippen molar-refractivity contribution in [2.45, 2.75) is 32.2 Å². The molecule has 3 rings (SSSR count). The fourth-order valence-corrected chi connectivity index (χ4v) is 3.61. The highest BCUT2D eigenvalue weighted by Crippen LogP contribution is 2.18. The Morgan fingerprint density at radius 3 is 2.29 bits per heavy atom. The first-order chi connectivity index (χ1) is 13.6. The Balaban J connectivity index is 1.54. The lowest BCUT2D eigenvalue weighted by Crippen LogP contribution is -2.35. The number of nitrogens with zero attached hydrogens (tertiary/aromatic N) is 1. The molecule has 1 aliphatic rings. The Bertz CT molecular complexity index is 800. The molecule has 148 valence electrons. The van der Waals surface area contributed by atoms with Crippen molar-refractivity contribution in [1.29, 1.82) is 0 Å². The van der Waals surface area contributed by atoms with Gasteiger partial charge in [0.25, 0.3) is 5.91 Å². The summed E-state index contributed by atoms with van der Waals surface area (Å²) in [5, 5.41) is 7.00. The predicted octanol–water partition coefficient (Wildman–Crippen LogP) is 4.37. The molecule has 0 radical (unpaired) electrons. The Labute approximate surface area is 172 Å². The van der Waals surface area contributed by atoms with Crippen molar-refractivity contribution in [2.75, 3.05) is 25.5 Å². The molecular weight excluding hydrogens is 370 g/mol. The Morgan fingerprint density at radius 1 is 1.04 bits per heavy atom. The van der Waals surface area contributed by atoms with Crippen molar-refractivity contribution in [3.63, 3.8) is 0 Å². The minimum Gasteiger partial charge on any atom is -0.497 e. The van der Waals surface area contributed by atoms with E-state index in [4.69, 9.17) is 17.0 Å². The third-order valence-corrected chi connectivity index (χ3v) is 5.22. The molecule has 0 saturated carbocycles. The molecule has 1 unspecified atom stereocenters. The molecule has 1 saturated heterocycles. The van der Waals surface area contributed by atoms with Crippen molar-refractivity contribution in [1.82, 2.24) is 10.2 Å². The molecule has 0 spiro atoms. The molecule has 0 aromatic heterocycles. The Kier molecular flexibility index (Phi) is 6.87. The molecule has 0 bridgehead atoms. The van der Waals surface area contributed by atoms with Gasteiger partial charge in [-0.2, -0.15) is 0 Å². The number of benzene rings is 2. The fraction of sp³-hybridized carbons (Fsp3) is 0.364. The van der Waals surface area contributed by atoms with Gasteiger partial charge >= 0.3 is 0 Å². The molecule has 2 N–H and O–H groups in total. The second-order valence-corrected chi connectivity index (χ2v) is 7.43. The van der Waals surface area contributed by atoms with Gasteiger partial charge in [-0.05, 0) is 80.4 Å². The van der Waals surface area contributed by atoms with Gasteiger partial charge in [0.1, 0.15) is 5.75 Å². The number of nitrogens with one attached hydrogen (secondary N) is 2. The van der Waals surface area contributed by atoms with E-state index < -0.39 is 0 Å². The van der Waals surface area contributed by atoms with Crippen molar-refractivity contribution in [3.8, 4) is 5.75 Å². The standard InChI is InChI=1S/C22H27N3O2S/c1-16(17-8-12-20(27-2)13-9-17)23-22(28)24-19-10-6-18(7-11-19)21(26)25-14-4-3-5-15-25/h6-13,16H,3-5,14-15H2,1-2H3,(H2,23,24,28). The van der Waals surface area contributed by atoms with Crippen LogP contribution in [0.5, 0.6) is 5.75 Å². The molecule has 1 heterocycles. The molecule has 2 aromatic carbocycles. The maximum Gasteiger partial charge on any atom is 0.253 e. The maximum absolute atomic E-state index is 12.5. The average Bonchev–Trinajstić information content (AvgIpc) is 2.74. The second kappa shape index (κ2) is 9.55.